The number of fused-ring (bicyclic) bond motifs is 1. The van der Waals surface area contributed by atoms with Gasteiger partial charge in [-0.3, -0.25) is 4.79 Å². The molecule has 2 heterocycles. The predicted molar refractivity (Wildman–Crippen MR) is 97.7 cm³/mol. The average Bonchev–Trinajstić information content (AvgIpc) is 3.33. The van der Waals surface area contributed by atoms with Gasteiger partial charge in [0.1, 0.15) is 5.51 Å². The lowest BCUT2D eigenvalue weighted by molar-refractivity contribution is -0.125. The van der Waals surface area contributed by atoms with Crippen LogP contribution in [0.3, 0.4) is 0 Å². The molecular weight excluding hydrogens is 352 g/mol. The van der Waals surface area contributed by atoms with E-state index in [1.54, 1.807) is 16.8 Å². The summed E-state index contributed by atoms with van der Waals surface area (Å²) < 4.78 is 0. The molecule has 1 N–H and O–H groups in total. The summed E-state index contributed by atoms with van der Waals surface area (Å²) in [4.78, 5) is 14.3. The number of thiophene rings is 1. The van der Waals surface area contributed by atoms with Gasteiger partial charge in [0.05, 0.1) is 17.0 Å². The van der Waals surface area contributed by atoms with Crippen molar-refractivity contribution >= 4 is 33.7 Å². The fourth-order valence-corrected chi connectivity index (χ4v) is 4.97. The maximum Gasteiger partial charge on any atom is 0.233 e. The minimum Gasteiger partial charge on any atom is -0.300 e. The van der Waals surface area contributed by atoms with Crippen molar-refractivity contribution in [2.24, 2.45) is 5.41 Å². The van der Waals surface area contributed by atoms with Gasteiger partial charge in [-0.05, 0) is 48.1 Å². The molecule has 0 bridgehead atoms. The summed E-state index contributed by atoms with van der Waals surface area (Å²) in [5.41, 5.74) is 3.75. The monoisotopic (exact) mass is 366 g/mol. The third kappa shape index (κ3) is 2.64. The third-order valence-electron chi connectivity index (χ3n) is 4.71. The van der Waals surface area contributed by atoms with Crippen molar-refractivity contribution in [2.75, 3.05) is 5.32 Å². The highest BCUT2D eigenvalue weighted by atomic mass is 32.1. The van der Waals surface area contributed by atoms with Crippen LogP contribution in [0.1, 0.15) is 34.4 Å². The summed E-state index contributed by atoms with van der Waals surface area (Å²) >= 11 is 2.94. The Bertz CT molecular complexity index is 960. The van der Waals surface area contributed by atoms with Crippen LogP contribution in [-0.4, -0.2) is 16.1 Å². The molecule has 3 aromatic rings. The van der Waals surface area contributed by atoms with Gasteiger partial charge in [-0.25, -0.2) is 0 Å². The molecule has 1 aromatic carbocycles. The highest BCUT2D eigenvalue weighted by molar-refractivity contribution is 7.13. The van der Waals surface area contributed by atoms with Gasteiger partial charge in [-0.15, -0.1) is 21.5 Å². The lowest BCUT2D eigenvalue weighted by Crippen LogP contribution is -2.37. The van der Waals surface area contributed by atoms with Crippen LogP contribution in [-0.2, 0) is 11.2 Å². The third-order valence-corrected chi connectivity index (χ3v) is 6.25. The second-order valence-electron chi connectivity index (χ2n) is 6.27. The zero-order valence-corrected chi connectivity index (χ0v) is 15.0. The Morgan fingerprint density at radius 1 is 1.40 bits per heavy atom. The lowest BCUT2D eigenvalue weighted by Gasteiger charge is -2.29. The SMILES string of the molecule is C[C@@]1(C(=O)Nc2nncs2)Cc2ccc(C#N)cc2[C@@H]1c1cccs1. The van der Waals surface area contributed by atoms with E-state index < -0.39 is 5.41 Å². The van der Waals surface area contributed by atoms with E-state index in [2.05, 4.69) is 27.6 Å². The van der Waals surface area contributed by atoms with Crippen molar-refractivity contribution in [1.82, 2.24) is 10.2 Å². The number of benzene rings is 1. The van der Waals surface area contributed by atoms with Crippen LogP contribution >= 0.6 is 22.7 Å². The van der Waals surface area contributed by atoms with E-state index in [1.165, 1.54) is 11.3 Å². The van der Waals surface area contributed by atoms with E-state index >= 15 is 0 Å². The Kier molecular flexibility index (Phi) is 3.86. The lowest BCUT2D eigenvalue weighted by atomic mass is 9.76. The van der Waals surface area contributed by atoms with Crippen molar-refractivity contribution in [3.05, 3.63) is 62.8 Å². The molecule has 0 saturated carbocycles. The second-order valence-corrected chi connectivity index (χ2v) is 8.08. The van der Waals surface area contributed by atoms with Gasteiger partial charge < -0.3 is 5.32 Å². The van der Waals surface area contributed by atoms with Gasteiger partial charge in [0, 0.05) is 10.8 Å². The molecule has 0 radical (unpaired) electrons. The number of rotatable bonds is 3. The summed E-state index contributed by atoms with van der Waals surface area (Å²) in [6.07, 6.45) is 0.626. The molecule has 124 valence electrons. The number of hydrogen-bond acceptors (Lipinski definition) is 6. The summed E-state index contributed by atoms with van der Waals surface area (Å²) in [6.45, 7) is 1.99. The molecule has 25 heavy (non-hydrogen) atoms. The highest BCUT2D eigenvalue weighted by Gasteiger charge is 2.49. The predicted octanol–water partition coefficient (Wildman–Crippen LogP) is 3.80. The molecule has 0 aliphatic heterocycles. The fraction of sp³-hybridized carbons (Fsp3) is 0.222. The number of nitrogens with one attached hydrogen (secondary N) is 1. The summed E-state index contributed by atoms with van der Waals surface area (Å²) in [5.74, 6) is -0.152. The summed E-state index contributed by atoms with van der Waals surface area (Å²) in [7, 11) is 0. The molecule has 0 spiro atoms. The first kappa shape index (κ1) is 15.9. The topological polar surface area (TPSA) is 78.7 Å². The largest absolute Gasteiger partial charge is 0.300 e. The first-order valence-electron chi connectivity index (χ1n) is 7.76. The molecule has 1 aliphatic rings. The second kappa shape index (κ2) is 6.06. The molecule has 7 heteroatoms. The van der Waals surface area contributed by atoms with Crippen LogP contribution in [0, 0.1) is 16.7 Å². The minimum absolute atomic E-state index is 0.0719. The zero-order chi connectivity index (χ0) is 17.4. The van der Waals surface area contributed by atoms with Crippen LogP contribution in [0.4, 0.5) is 5.13 Å². The Balaban J connectivity index is 1.79. The maximum absolute atomic E-state index is 13.1. The van der Waals surface area contributed by atoms with E-state index in [1.807, 2.05) is 36.6 Å². The molecule has 2 aromatic heterocycles. The summed E-state index contributed by atoms with van der Waals surface area (Å²) in [6, 6.07) is 12.0. The summed E-state index contributed by atoms with van der Waals surface area (Å²) in [5, 5.41) is 22.4. The van der Waals surface area contributed by atoms with E-state index in [-0.39, 0.29) is 11.8 Å². The van der Waals surface area contributed by atoms with Crippen LogP contribution in [0.15, 0.2) is 41.2 Å². The van der Waals surface area contributed by atoms with Crippen molar-refractivity contribution in [2.45, 2.75) is 19.3 Å². The van der Waals surface area contributed by atoms with E-state index in [0.29, 0.717) is 17.1 Å². The van der Waals surface area contributed by atoms with Gasteiger partial charge in [-0.2, -0.15) is 5.26 Å². The molecule has 1 aliphatic carbocycles. The number of carbonyl (C=O) groups excluding carboxylic acids is 1. The molecule has 5 nitrogen and oxygen atoms in total. The number of amides is 1. The van der Waals surface area contributed by atoms with Crippen molar-refractivity contribution in [3.63, 3.8) is 0 Å². The standard InChI is InChI=1S/C18H14N4OS2/c1-18(16(23)21-17-22-20-10-25-17)8-12-5-4-11(9-19)7-13(12)15(18)14-3-2-6-24-14/h2-7,10,15H,8H2,1H3,(H,21,22,23)/t15-,18-/m1/s1. The smallest absolute Gasteiger partial charge is 0.233 e. The molecule has 2 atom stereocenters. The Morgan fingerprint density at radius 3 is 2.96 bits per heavy atom. The fourth-order valence-electron chi connectivity index (χ4n) is 3.54. The van der Waals surface area contributed by atoms with Crippen molar-refractivity contribution < 1.29 is 4.79 Å². The zero-order valence-electron chi connectivity index (χ0n) is 13.4. The number of aromatic nitrogens is 2. The Labute approximate surface area is 153 Å². The highest BCUT2D eigenvalue weighted by Crippen LogP contribution is 2.52. The van der Waals surface area contributed by atoms with E-state index in [0.717, 1.165) is 16.0 Å². The first-order chi connectivity index (χ1) is 12.1. The van der Waals surface area contributed by atoms with Gasteiger partial charge >= 0.3 is 0 Å². The number of nitrogens with zero attached hydrogens (tertiary/aromatic N) is 3. The van der Waals surface area contributed by atoms with Gasteiger partial charge in [0.15, 0.2) is 0 Å². The van der Waals surface area contributed by atoms with Gasteiger partial charge in [0.2, 0.25) is 11.0 Å². The van der Waals surface area contributed by atoms with Crippen molar-refractivity contribution in [3.8, 4) is 6.07 Å². The molecule has 0 unspecified atom stereocenters. The number of hydrogen-bond donors (Lipinski definition) is 1. The Morgan fingerprint density at radius 2 is 2.28 bits per heavy atom. The Hall–Kier alpha value is -2.56. The molecule has 0 saturated heterocycles. The quantitative estimate of drug-likeness (QED) is 0.764. The van der Waals surface area contributed by atoms with Crippen LogP contribution in [0.5, 0.6) is 0 Å². The molecule has 1 amide bonds. The van der Waals surface area contributed by atoms with Crippen LogP contribution in [0.2, 0.25) is 0 Å². The van der Waals surface area contributed by atoms with Gasteiger partial charge in [0.25, 0.3) is 0 Å². The first-order valence-corrected chi connectivity index (χ1v) is 9.52. The minimum atomic E-state index is -0.646. The molecular formula is C18H14N4OS2. The van der Waals surface area contributed by atoms with Crippen LogP contribution in [0.25, 0.3) is 0 Å². The van der Waals surface area contributed by atoms with E-state index in [4.69, 9.17) is 0 Å². The van der Waals surface area contributed by atoms with Crippen LogP contribution < -0.4 is 5.32 Å². The average molecular weight is 366 g/mol. The van der Waals surface area contributed by atoms with E-state index in [9.17, 15) is 10.1 Å². The van der Waals surface area contributed by atoms with Gasteiger partial charge in [-0.1, -0.05) is 23.5 Å². The number of nitriles is 1. The number of carbonyl (C=O) groups is 1. The number of anilines is 1. The maximum atomic E-state index is 13.1. The normalized spacial score (nSPS) is 21.5. The molecule has 4 rings (SSSR count). The molecule has 0 fully saturated rings. The van der Waals surface area contributed by atoms with Crippen molar-refractivity contribution in [1.29, 1.82) is 5.26 Å².